The molecule has 1 aliphatic rings. The molecule has 20 heavy (non-hydrogen) atoms. The summed E-state index contributed by atoms with van der Waals surface area (Å²) in [7, 11) is 1.43. The van der Waals surface area contributed by atoms with Crippen LogP contribution in [0.25, 0.3) is 0 Å². The fourth-order valence-electron chi connectivity index (χ4n) is 1.86. The molecule has 0 radical (unpaired) electrons. The van der Waals surface area contributed by atoms with E-state index in [9.17, 15) is 14.9 Å². The highest BCUT2D eigenvalue weighted by Gasteiger charge is 2.23. The van der Waals surface area contributed by atoms with Gasteiger partial charge in [0.25, 0.3) is 5.69 Å². The first-order valence-electron chi connectivity index (χ1n) is 6.06. The van der Waals surface area contributed by atoms with Gasteiger partial charge >= 0.3 is 0 Å². The summed E-state index contributed by atoms with van der Waals surface area (Å²) in [6.45, 7) is 1.41. The molecule has 1 aromatic rings. The lowest BCUT2D eigenvalue weighted by Crippen LogP contribution is -2.48. The summed E-state index contributed by atoms with van der Waals surface area (Å²) in [6.07, 6.45) is 0. The number of anilines is 1. The molecule has 8 heteroatoms. The van der Waals surface area contributed by atoms with Gasteiger partial charge in [-0.15, -0.1) is 0 Å². The third-order valence-electron chi connectivity index (χ3n) is 2.89. The van der Waals surface area contributed by atoms with Gasteiger partial charge in [0.2, 0.25) is 5.91 Å². The van der Waals surface area contributed by atoms with Crippen molar-refractivity contribution in [2.24, 2.45) is 0 Å². The molecule has 108 valence electrons. The molecule has 1 saturated heterocycles. The van der Waals surface area contributed by atoms with E-state index in [0.29, 0.717) is 18.9 Å². The van der Waals surface area contributed by atoms with Crippen molar-refractivity contribution in [2.75, 3.05) is 32.2 Å². The van der Waals surface area contributed by atoms with Crippen LogP contribution in [0.5, 0.6) is 5.75 Å². The molecule has 0 aliphatic carbocycles. The van der Waals surface area contributed by atoms with Crippen LogP contribution in [0.1, 0.15) is 0 Å². The molecule has 1 unspecified atom stereocenters. The first kappa shape index (κ1) is 14.2. The number of amides is 1. The van der Waals surface area contributed by atoms with Crippen LogP contribution >= 0.6 is 0 Å². The molecule has 0 bridgehead atoms. The number of benzene rings is 1. The Morgan fingerprint density at radius 3 is 3.00 bits per heavy atom. The Morgan fingerprint density at radius 2 is 2.40 bits per heavy atom. The summed E-state index contributed by atoms with van der Waals surface area (Å²) < 4.78 is 10.3. The van der Waals surface area contributed by atoms with Crippen LogP contribution in [0.4, 0.5) is 11.4 Å². The predicted octanol–water partition coefficient (Wildman–Crippen LogP) is 0.530. The molecule has 1 amide bonds. The van der Waals surface area contributed by atoms with E-state index < -0.39 is 11.0 Å². The summed E-state index contributed by atoms with van der Waals surface area (Å²) in [5.74, 6) is 0.0455. The molecule has 0 aromatic heterocycles. The minimum atomic E-state index is -0.531. The van der Waals surface area contributed by atoms with Crippen LogP contribution in [-0.2, 0) is 9.53 Å². The van der Waals surface area contributed by atoms with Gasteiger partial charge in [0.05, 0.1) is 30.9 Å². The van der Waals surface area contributed by atoms with Gasteiger partial charge in [-0.05, 0) is 6.07 Å². The van der Waals surface area contributed by atoms with E-state index in [1.165, 1.54) is 25.3 Å². The number of nitro benzene ring substituents is 1. The second kappa shape index (κ2) is 6.31. The molecule has 2 N–H and O–H groups in total. The lowest BCUT2D eigenvalue weighted by atomic mass is 10.2. The third kappa shape index (κ3) is 3.22. The van der Waals surface area contributed by atoms with Crippen LogP contribution in [-0.4, -0.2) is 43.7 Å². The van der Waals surface area contributed by atoms with Crippen molar-refractivity contribution in [3.05, 3.63) is 28.3 Å². The van der Waals surface area contributed by atoms with Crippen molar-refractivity contribution in [1.82, 2.24) is 5.32 Å². The Bertz CT molecular complexity index is 514. The second-order valence-corrected chi connectivity index (χ2v) is 4.21. The fraction of sp³-hybridized carbons (Fsp3) is 0.417. The molecule has 0 spiro atoms. The number of nitrogens with one attached hydrogen (secondary N) is 2. The minimum absolute atomic E-state index is 0.117. The summed E-state index contributed by atoms with van der Waals surface area (Å²) in [4.78, 5) is 22.3. The van der Waals surface area contributed by atoms with Gasteiger partial charge in [0.1, 0.15) is 11.8 Å². The third-order valence-corrected chi connectivity index (χ3v) is 2.89. The number of non-ortho nitro benzene ring substituents is 1. The van der Waals surface area contributed by atoms with Crippen molar-refractivity contribution in [2.45, 2.75) is 6.04 Å². The van der Waals surface area contributed by atoms with Crippen LogP contribution < -0.4 is 15.4 Å². The van der Waals surface area contributed by atoms with Crippen molar-refractivity contribution in [3.63, 3.8) is 0 Å². The molecule has 1 fully saturated rings. The number of nitro groups is 1. The highest BCUT2D eigenvalue weighted by Crippen LogP contribution is 2.28. The minimum Gasteiger partial charge on any atom is -0.495 e. The summed E-state index contributed by atoms with van der Waals surface area (Å²) in [6, 6.07) is 3.54. The molecular weight excluding hydrogens is 266 g/mol. The molecule has 1 aromatic carbocycles. The second-order valence-electron chi connectivity index (χ2n) is 4.21. The molecule has 2 rings (SSSR count). The van der Waals surface area contributed by atoms with E-state index in [1.807, 2.05) is 0 Å². The monoisotopic (exact) mass is 281 g/mol. The lowest BCUT2D eigenvalue weighted by molar-refractivity contribution is -0.384. The number of carbonyl (C=O) groups excluding carboxylic acids is 1. The standard InChI is InChI=1S/C12H15N3O5/c1-19-11-3-2-8(15(17)18)6-9(11)14-12(16)10-7-20-5-4-13-10/h2-3,6,10,13H,4-5,7H2,1H3,(H,14,16). The van der Waals surface area contributed by atoms with E-state index in [2.05, 4.69) is 10.6 Å². The largest absolute Gasteiger partial charge is 0.495 e. The summed E-state index contributed by atoms with van der Waals surface area (Å²) >= 11 is 0. The predicted molar refractivity (Wildman–Crippen MR) is 70.9 cm³/mol. The Labute approximate surface area is 115 Å². The lowest BCUT2D eigenvalue weighted by Gasteiger charge is -2.23. The van der Waals surface area contributed by atoms with Crippen LogP contribution in [0, 0.1) is 10.1 Å². The van der Waals surface area contributed by atoms with E-state index in [0.717, 1.165) is 0 Å². The topological polar surface area (TPSA) is 103 Å². The van der Waals surface area contributed by atoms with E-state index in [-0.39, 0.29) is 23.9 Å². The maximum absolute atomic E-state index is 12.0. The zero-order valence-corrected chi connectivity index (χ0v) is 10.9. The number of hydrogen-bond donors (Lipinski definition) is 2. The zero-order valence-electron chi connectivity index (χ0n) is 10.9. The molecule has 1 aliphatic heterocycles. The van der Waals surface area contributed by atoms with E-state index in [1.54, 1.807) is 0 Å². The Balaban J connectivity index is 2.15. The number of nitrogens with zero attached hydrogens (tertiary/aromatic N) is 1. The van der Waals surface area contributed by atoms with Crippen molar-refractivity contribution >= 4 is 17.3 Å². The van der Waals surface area contributed by atoms with Gasteiger partial charge < -0.3 is 20.1 Å². The molecule has 1 heterocycles. The highest BCUT2D eigenvalue weighted by atomic mass is 16.6. The average molecular weight is 281 g/mol. The fourth-order valence-corrected chi connectivity index (χ4v) is 1.86. The number of ether oxygens (including phenoxy) is 2. The number of morpholine rings is 1. The van der Waals surface area contributed by atoms with Gasteiger partial charge in [0, 0.05) is 18.7 Å². The van der Waals surface area contributed by atoms with E-state index in [4.69, 9.17) is 9.47 Å². The molecular formula is C12H15N3O5. The van der Waals surface area contributed by atoms with E-state index >= 15 is 0 Å². The Hall–Kier alpha value is -2.19. The van der Waals surface area contributed by atoms with Gasteiger partial charge in [-0.1, -0.05) is 0 Å². The Kier molecular flexibility index (Phi) is 4.49. The molecule has 8 nitrogen and oxygen atoms in total. The first-order chi connectivity index (χ1) is 9.61. The quantitative estimate of drug-likeness (QED) is 0.616. The van der Waals surface area contributed by atoms with Gasteiger partial charge in [-0.25, -0.2) is 0 Å². The average Bonchev–Trinajstić information content (AvgIpc) is 2.48. The molecule has 0 saturated carbocycles. The van der Waals surface area contributed by atoms with Gasteiger partial charge in [-0.3, -0.25) is 14.9 Å². The van der Waals surface area contributed by atoms with Crippen LogP contribution in [0.3, 0.4) is 0 Å². The van der Waals surface area contributed by atoms with Gasteiger partial charge in [0.15, 0.2) is 0 Å². The van der Waals surface area contributed by atoms with Crippen LogP contribution in [0.15, 0.2) is 18.2 Å². The maximum atomic E-state index is 12.0. The SMILES string of the molecule is COc1ccc([N+](=O)[O-])cc1NC(=O)C1COCCN1. The van der Waals surface area contributed by atoms with Crippen molar-refractivity contribution in [3.8, 4) is 5.75 Å². The molecule has 1 atom stereocenters. The Morgan fingerprint density at radius 1 is 1.60 bits per heavy atom. The summed E-state index contributed by atoms with van der Waals surface area (Å²) in [5, 5.41) is 16.4. The van der Waals surface area contributed by atoms with Crippen molar-refractivity contribution in [1.29, 1.82) is 0 Å². The smallest absolute Gasteiger partial charge is 0.271 e. The van der Waals surface area contributed by atoms with Crippen LogP contribution in [0.2, 0.25) is 0 Å². The number of methoxy groups -OCH3 is 1. The number of hydrogen-bond acceptors (Lipinski definition) is 6. The number of rotatable bonds is 4. The zero-order chi connectivity index (χ0) is 14.5. The number of carbonyl (C=O) groups is 1. The van der Waals surface area contributed by atoms with Crippen molar-refractivity contribution < 1.29 is 19.2 Å². The normalized spacial score (nSPS) is 18.4. The van der Waals surface area contributed by atoms with Gasteiger partial charge in [-0.2, -0.15) is 0 Å². The first-order valence-corrected chi connectivity index (χ1v) is 6.06. The highest BCUT2D eigenvalue weighted by molar-refractivity contribution is 5.96. The summed E-state index contributed by atoms with van der Waals surface area (Å²) in [5.41, 5.74) is 0.146. The maximum Gasteiger partial charge on any atom is 0.271 e.